The van der Waals surface area contributed by atoms with E-state index in [2.05, 4.69) is 22.8 Å². The van der Waals surface area contributed by atoms with Crippen LogP contribution in [-0.2, 0) is 9.59 Å². The van der Waals surface area contributed by atoms with Gasteiger partial charge >= 0.3 is 0 Å². The fraction of sp³-hybridized carbons (Fsp3) is 0.632. The van der Waals surface area contributed by atoms with Gasteiger partial charge in [-0.3, -0.25) is 9.59 Å². The average Bonchev–Trinajstić information content (AvgIpc) is 3.12. The molecule has 2 amide bonds. The molecule has 2 N–H and O–H groups in total. The first-order valence-electron chi connectivity index (χ1n) is 9.34. The summed E-state index contributed by atoms with van der Waals surface area (Å²) in [5, 5.41) is 8.42. The number of nitrogens with zero attached hydrogens (tertiary/aromatic N) is 1. The van der Waals surface area contributed by atoms with Gasteiger partial charge in [-0.2, -0.15) is 5.10 Å². The van der Waals surface area contributed by atoms with Crippen LogP contribution in [0.5, 0.6) is 0 Å². The van der Waals surface area contributed by atoms with Gasteiger partial charge in [0.05, 0.1) is 12.8 Å². The monoisotopic (exact) mass is 365 g/mol. The maximum Gasteiger partial charge on any atom is 0.259 e. The number of hydrogen-bond donors (Lipinski definition) is 2. The Bertz CT molecular complexity index is 501. The lowest BCUT2D eigenvalue weighted by Crippen LogP contribution is -2.34. The molecule has 1 heterocycles. The first kappa shape index (κ1) is 21.4. The minimum Gasteiger partial charge on any atom is -0.347 e. The summed E-state index contributed by atoms with van der Waals surface area (Å²) >= 11 is 1.54. The molecule has 0 spiro atoms. The number of carbonyl (C=O) groups is 2. The Labute approximate surface area is 155 Å². The molecule has 0 radical (unpaired) electrons. The van der Waals surface area contributed by atoms with Gasteiger partial charge in [0.2, 0.25) is 5.91 Å². The summed E-state index contributed by atoms with van der Waals surface area (Å²) in [7, 11) is 0. The zero-order valence-corrected chi connectivity index (χ0v) is 16.1. The number of amides is 2. The van der Waals surface area contributed by atoms with Crippen molar-refractivity contribution in [1.29, 1.82) is 0 Å². The lowest BCUT2D eigenvalue weighted by Gasteiger charge is -2.04. The molecule has 0 atom stereocenters. The molecule has 0 bridgehead atoms. The van der Waals surface area contributed by atoms with E-state index < -0.39 is 0 Å². The fourth-order valence-corrected chi connectivity index (χ4v) is 3.02. The molecule has 25 heavy (non-hydrogen) atoms. The highest BCUT2D eigenvalue weighted by Crippen LogP contribution is 2.10. The number of carbonyl (C=O) groups excluding carboxylic acids is 2. The smallest absolute Gasteiger partial charge is 0.259 e. The van der Waals surface area contributed by atoms with Crippen molar-refractivity contribution in [3.8, 4) is 0 Å². The Morgan fingerprint density at radius 2 is 1.72 bits per heavy atom. The largest absolute Gasteiger partial charge is 0.347 e. The van der Waals surface area contributed by atoms with Gasteiger partial charge in [-0.25, -0.2) is 5.43 Å². The summed E-state index contributed by atoms with van der Waals surface area (Å²) in [5.74, 6) is -0.381. The van der Waals surface area contributed by atoms with E-state index in [1.807, 2.05) is 17.5 Å². The quantitative estimate of drug-likeness (QED) is 0.294. The molecule has 0 aliphatic rings. The fourth-order valence-electron chi connectivity index (χ4n) is 2.44. The van der Waals surface area contributed by atoms with Crippen LogP contribution < -0.4 is 10.7 Å². The molecule has 0 unspecified atom stereocenters. The Balaban J connectivity index is 1.93. The second kappa shape index (κ2) is 14.6. The highest BCUT2D eigenvalue weighted by molar-refractivity contribution is 7.11. The number of thiophene rings is 1. The number of rotatable bonds is 14. The molecule has 0 saturated heterocycles. The van der Waals surface area contributed by atoms with Crippen LogP contribution in [0.1, 0.15) is 76.0 Å². The average molecular weight is 366 g/mol. The maximum atomic E-state index is 11.7. The predicted octanol–water partition coefficient (Wildman–Crippen LogP) is 4.24. The van der Waals surface area contributed by atoms with Crippen molar-refractivity contribution in [3.05, 3.63) is 22.4 Å². The van der Waals surface area contributed by atoms with Crippen molar-refractivity contribution in [2.24, 2.45) is 5.10 Å². The highest BCUT2D eigenvalue weighted by atomic mass is 32.1. The second-order valence-corrected chi connectivity index (χ2v) is 7.14. The van der Waals surface area contributed by atoms with Gasteiger partial charge in [-0.1, -0.05) is 64.4 Å². The van der Waals surface area contributed by atoms with Crippen LogP contribution in [0.15, 0.2) is 22.6 Å². The molecule has 0 fully saturated rings. The molecular formula is C19H31N3O2S. The summed E-state index contributed by atoms with van der Waals surface area (Å²) in [6.45, 7) is 2.20. The summed E-state index contributed by atoms with van der Waals surface area (Å²) < 4.78 is 0. The maximum absolute atomic E-state index is 11.7. The zero-order chi connectivity index (χ0) is 18.2. The third kappa shape index (κ3) is 12.3. The van der Waals surface area contributed by atoms with Gasteiger partial charge < -0.3 is 5.32 Å². The Morgan fingerprint density at radius 1 is 1.04 bits per heavy atom. The van der Waals surface area contributed by atoms with Crippen LogP contribution >= 0.6 is 11.3 Å². The minimum absolute atomic E-state index is 0.0297. The SMILES string of the molecule is CCCCCCCCCCCC(=O)NCC(=O)NN=Cc1cccs1. The lowest BCUT2D eigenvalue weighted by molar-refractivity contribution is -0.126. The second-order valence-electron chi connectivity index (χ2n) is 6.16. The Kier molecular flexibility index (Phi) is 12.5. The Morgan fingerprint density at radius 3 is 2.36 bits per heavy atom. The van der Waals surface area contributed by atoms with Crippen molar-refractivity contribution in [2.45, 2.75) is 71.1 Å². The molecule has 0 aliphatic carbocycles. The summed E-state index contributed by atoms with van der Waals surface area (Å²) in [4.78, 5) is 24.2. The zero-order valence-electron chi connectivity index (χ0n) is 15.3. The van der Waals surface area contributed by atoms with E-state index in [1.54, 1.807) is 17.6 Å². The van der Waals surface area contributed by atoms with E-state index >= 15 is 0 Å². The van der Waals surface area contributed by atoms with Crippen LogP contribution in [0.4, 0.5) is 0 Å². The standard InChI is InChI=1S/C19H31N3O2S/c1-2-3-4-5-6-7-8-9-10-13-18(23)20-16-19(24)22-21-15-17-12-11-14-25-17/h11-12,14-15H,2-10,13,16H2,1H3,(H,20,23)(H,22,24). The van der Waals surface area contributed by atoms with E-state index in [4.69, 9.17) is 0 Å². The van der Waals surface area contributed by atoms with E-state index in [0.717, 1.165) is 17.7 Å². The topological polar surface area (TPSA) is 70.6 Å². The van der Waals surface area contributed by atoms with Gasteiger partial charge in [0.1, 0.15) is 0 Å². The van der Waals surface area contributed by atoms with Crippen LogP contribution in [-0.4, -0.2) is 24.6 Å². The van der Waals surface area contributed by atoms with Crippen LogP contribution in [0.3, 0.4) is 0 Å². The van der Waals surface area contributed by atoms with Gasteiger partial charge in [0.25, 0.3) is 5.91 Å². The van der Waals surface area contributed by atoms with Crippen molar-refractivity contribution >= 4 is 29.4 Å². The van der Waals surface area contributed by atoms with Crippen molar-refractivity contribution < 1.29 is 9.59 Å². The number of nitrogens with one attached hydrogen (secondary N) is 2. The van der Waals surface area contributed by atoms with Gasteiger partial charge in [-0.15, -0.1) is 11.3 Å². The van der Waals surface area contributed by atoms with Crippen molar-refractivity contribution in [3.63, 3.8) is 0 Å². The lowest BCUT2D eigenvalue weighted by atomic mass is 10.1. The van der Waals surface area contributed by atoms with Gasteiger partial charge in [0, 0.05) is 11.3 Å². The first-order valence-corrected chi connectivity index (χ1v) is 10.2. The van der Waals surface area contributed by atoms with Gasteiger partial charge in [0.15, 0.2) is 0 Å². The molecule has 1 aromatic heterocycles. The molecule has 6 heteroatoms. The van der Waals surface area contributed by atoms with E-state index in [9.17, 15) is 9.59 Å². The van der Waals surface area contributed by atoms with E-state index in [-0.39, 0.29) is 18.4 Å². The predicted molar refractivity (Wildman–Crippen MR) is 105 cm³/mol. The molecule has 1 rings (SSSR count). The summed E-state index contributed by atoms with van der Waals surface area (Å²) in [6.07, 6.45) is 13.1. The molecule has 0 aromatic carbocycles. The third-order valence-corrected chi connectivity index (χ3v) is 4.68. The molecule has 5 nitrogen and oxygen atoms in total. The Hall–Kier alpha value is -1.69. The highest BCUT2D eigenvalue weighted by Gasteiger charge is 2.04. The molecule has 0 aliphatic heterocycles. The van der Waals surface area contributed by atoms with E-state index in [0.29, 0.717) is 6.42 Å². The van der Waals surface area contributed by atoms with Crippen molar-refractivity contribution in [2.75, 3.05) is 6.54 Å². The normalized spacial score (nSPS) is 10.9. The third-order valence-electron chi connectivity index (χ3n) is 3.88. The summed E-state index contributed by atoms with van der Waals surface area (Å²) in [6, 6.07) is 3.83. The van der Waals surface area contributed by atoms with Crippen LogP contribution in [0.25, 0.3) is 0 Å². The molecule has 1 aromatic rings. The summed E-state index contributed by atoms with van der Waals surface area (Å²) in [5.41, 5.74) is 2.40. The van der Waals surface area contributed by atoms with Gasteiger partial charge in [-0.05, 0) is 17.9 Å². The van der Waals surface area contributed by atoms with Crippen LogP contribution in [0, 0.1) is 0 Å². The number of hydrazone groups is 1. The first-order chi connectivity index (χ1) is 12.2. The number of unbranched alkanes of at least 4 members (excludes halogenated alkanes) is 8. The van der Waals surface area contributed by atoms with Crippen LogP contribution in [0.2, 0.25) is 0 Å². The van der Waals surface area contributed by atoms with Crippen molar-refractivity contribution in [1.82, 2.24) is 10.7 Å². The minimum atomic E-state index is -0.312. The molecule has 0 saturated carbocycles. The van der Waals surface area contributed by atoms with E-state index in [1.165, 1.54) is 44.9 Å². The molecule has 140 valence electrons. The molecular weight excluding hydrogens is 334 g/mol. The number of hydrogen-bond acceptors (Lipinski definition) is 4.